The van der Waals surface area contributed by atoms with Crippen LogP contribution < -0.4 is 5.32 Å². The van der Waals surface area contributed by atoms with E-state index >= 15 is 0 Å². The molecule has 0 aromatic heterocycles. The quantitative estimate of drug-likeness (QED) is 0.0195. The van der Waals surface area contributed by atoms with E-state index in [0.717, 1.165) is 109 Å². The monoisotopic (exact) mass is 1190 g/mol. The van der Waals surface area contributed by atoms with E-state index in [2.05, 4.69) is 123 Å². The Kier molecular flexibility index (Phi) is 56.6. The molecule has 6 N–H and O–H groups in total. The molecule has 0 saturated carbocycles. The molecule has 1 aliphatic heterocycles. The summed E-state index contributed by atoms with van der Waals surface area (Å²) in [4.78, 5) is 26.6. The van der Waals surface area contributed by atoms with Crippen LogP contribution >= 0.6 is 0 Å². The van der Waals surface area contributed by atoms with Crippen molar-refractivity contribution < 1.29 is 49.3 Å². The maximum Gasteiger partial charge on any atom is 0.306 e. The Hall–Kier alpha value is -3.68. The van der Waals surface area contributed by atoms with E-state index in [4.69, 9.17) is 14.2 Å². The van der Waals surface area contributed by atoms with E-state index in [0.29, 0.717) is 12.8 Å². The molecule has 1 saturated heterocycles. The van der Waals surface area contributed by atoms with E-state index in [1.807, 2.05) is 6.08 Å². The van der Waals surface area contributed by atoms with Gasteiger partial charge in [-0.2, -0.15) is 0 Å². The predicted octanol–water partition coefficient (Wildman–Crippen LogP) is 17.6. The van der Waals surface area contributed by atoms with Gasteiger partial charge in [-0.25, -0.2) is 0 Å². The second-order valence-electron chi connectivity index (χ2n) is 23.6. The Labute approximate surface area is 519 Å². The van der Waals surface area contributed by atoms with Crippen LogP contribution in [0, 0.1) is 0 Å². The number of unbranched alkanes of at least 4 members (excludes halogenated alkanes) is 28. The fourth-order valence-electron chi connectivity index (χ4n) is 10.1. The first-order chi connectivity index (χ1) is 41.7. The lowest BCUT2D eigenvalue weighted by Gasteiger charge is -2.41. The van der Waals surface area contributed by atoms with Gasteiger partial charge in [0.1, 0.15) is 24.4 Å². The molecular weight excluding hydrogens is 1060 g/mol. The standard InChI is InChI=1S/C74H127NO10/c1-4-7-10-13-16-19-22-24-26-28-30-31-32-33-34-35-36-38-39-41-43-46-49-52-55-58-61-67(78)73(82)75-65(66(77)60-57-54-51-48-45-21-18-15-12-9-6-3)64-83-74-72(71(81)70(80)68(63-76)84-74)85-69(79)62-59-56-53-50-47-44-42-40-37-29-27-25-23-20-17-14-11-8-5-2/h16-17,19-20,24-27,30-31,33-34,37,40,44,47,57,60,65-68,70-72,74,76-78,80-81H,4-15,18,21-23,28-29,32,35-36,38-39,41-43,45-46,48-56,58-59,61-64H2,1-3H3,(H,75,82)/b19-16-,20-17-,26-24-,27-25-,31-30-,34-33-,40-37-,47-44-,60-57+. The van der Waals surface area contributed by atoms with E-state index in [1.54, 1.807) is 6.08 Å². The molecule has 1 rings (SSSR count). The molecule has 8 unspecified atom stereocenters. The molecule has 11 nitrogen and oxygen atoms in total. The largest absolute Gasteiger partial charge is 0.454 e. The Morgan fingerprint density at radius 2 is 0.812 bits per heavy atom. The number of esters is 1. The zero-order valence-corrected chi connectivity index (χ0v) is 54.2. The topological polar surface area (TPSA) is 175 Å². The highest BCUT2D eigenvalue weighted by molar-refractivity contribution is 5.80. The van der Waals surface area contributed by atoms with Crippen LogP contribution in [0.25, 0.3) is 0 Å². The molecule has 85 heavy (non-hydrogen) atoms. The van der Waals surface area contributed by atoms with Crippen LogP contribution in [0.2, 0.25) is 0 Å². The van der Waals surface area contributed by atoms with Gasteiger partial charge in [0.2, 0.25) is 5.91 Å². The van der Waals surface area contributed by atoms with E-state index in [1.165, 1.54) is 128 Å². The summed E-state index contributed by atoms with van der Waals surface area (Å²) in [6.07, 6.45) is 72.7. The first kappa shape index (κ1) is 79.3. The van der Waals surface area contributed by atoms with Crippen molar-refractivity contribution >= 4 is 11.9 Å². The van der Waals surface area contributed by atoms with Gasteiger partial charge in [-0.1, -0.05) is 271 Å². The number of amides is 1. The molecule has 1 amide bonds. The Morgan fingerprint density at radius 1 is 0.459 bits per heavy atom. The lowest BCUT2D eigenvalue weighted by Crippen LogP contribution is -2.61. The number of allylic oxidation sites excluding steroid dienone is 17. The average Bonchev–Trinajstić information content (AvgIpc) is 3.59. The molecule has 0 aromatic carbocycles. The third-order valence-corrected chi connectivity index (χ3v) is 15.6. The third-order valence-electron chi connectivity index (χ3n) is 15.6. The molecule has 488 valence electrons. The number of hydrogen-bond acceptors (Lipinski definition) is 10. The number of nitrogens with one attached hydrogen (secondary N) is 1. The van der Waals surface area contributed by atoms with E-state index in [9.17, 15) is 35.1 Å². The van der Waals surface area contributed by atoms with Crippen molar-refractivity contribution in [2.45, 2.75) is 333 Å². The van der Waals surface area contributed by atoms with Gasteiger partial charge in [0.05, 0.1) is 25.4 Å². The number of ether oxygens (including phenoxy) is 3. The Balaban J connectivity index is 2.60. The number of carbonyl (C=O) groups excluding carboxylic acids is 2. The van der Waals surface area contributed by atoms with Crippen molar-refractivity contribution in [2.75, 3.05) is 13.2 Å². The first-order valence-corrected chi connectivity index (χ1v) is 34.7. The molecule has 11 heteroatoms. The van der Waals surface area contributed by atoms with Gasteiger partial charge in [-0.15, -0.1) is 0 Å². The number of aliphatic hydroxyl groups excluding tert-OH is 5. The lowest BCUT2D eigenvalue weighted by atomic mass is 9.99. The molecule has 1 aliphatic rings. The van der Waals surface area contributed by atoms with Gasteiger partial charge in [0, 0.05) is 6.42 Å². The van der Waals surface area contributed by atoms with Gasteiger partial charge >= 0.3 is 5.97 Å². The van der Waals surface area contributed by atoms with Crippen molar-refractivity contribution in [3.05, 3.63) is 109 Å². The molecule has 8 atom stereocenters. The summed E-state index contributed by atoms with van der Waals surface area (Å²) in [6, 6.07) is -1.04. The summed E-state index contributed by atoms with van der Waals surface area (Å²) in [5, 5.41) is 57.1. The fourth-order valence-corrected chi connectivity index (χ4v) is 10.1. The van der Waals surface area contributed by atoms with Crippen LogP contribution in [0.1, 0.15) is 284 Å². The van der Waals surface area contributed by atoms with Gasteiger partial charge in [-0.3, -0.25) is 9.59 Å². The zero-order valence-electron chi connectivity index (χ0n) is 54.2. The molecule has 0 bridgehead atoms. The predicted molar refractivity (Wildman–Crippen MR) is 356 cm³/mol. The van der Waals surface area contributed by atoms with Gasteiger partial charge in [0.15, 0.2) is 12.4 Å². The van der Waals surface area contributed by atoms with Crippen LogP contribution in [0.5, 0.6) is 0 Å². The van der Waals surface area contributed by atoms with Gasteiger partial charge in [0.25, 0.3) is 0 Å². The molecule has 0 aliphatic carbocycles. The maximum absolute atomic E-state index is 13.5. The van der Waals surface area contributed by atoms with Crippen molar-refractivity contribution in [1.82, 2.24) is 5.32 Å². The highest BCUT2D eigenvalue weighted by Gasteiger charge is 2.47. The Morgan fingerprint density at radius 3 is 1.24 bits per heavy atom. The van der Waals surface area contributed by atoms with Crippen molar-refractivity contribution in [3.63, 3.8) is 0 Å². The number of aliphatic hydroxyl groups is 5. The summed E-state index contributed by atoms with van der Waals surface area (Å²) in [7, 11) is 0. The molecule has 0 radical (unpaired) electrons. The minimum absolute atomic E-state index is 0.0811. The maximum atomic E-state index is 13.5. The van der Waals surface area contributed by atoms with Crippen molar-refractivity contribution in [1.29, 1.82) is 0 Å². The Bertz CT molecular complexity index is 1800. The third kappa shape index (κ3) is 48.0. The van der Waals surface area contributed by atoms with Gasteiger partial charge in [-0.05, 0) is 116 Å². The minimum Gasteiger partial charge on any atom is -0.454 e. The normalized spacial score (nSPS) is 19.1. The molecule has 1 heterocycles. The number of hydrogen-bond donors (Lipinski definition) is 6. The second kappa shape index (κ2) is 60.6. The van der Waals surface area contributed by atoms with Gasteiger partial charge < -0.3 is 45.1 Å². The average molecular weight is 1190 g/mol. The highest BCUT2D eigenvalue weighted by Crippen LogP contribution is 2.26. The molecule has 0 spiro atoms. The zero-order chi connectivity index (χ0) is 61.7. The summed E-state index contributed by atoms with van der Waals surface area (Å²) < 4.78 is 17.6. The van der Waals surface area contributed by atoms with E-state index < -0.39 is 67.4 Å². The van der Waals surface area contributed by atoms with Crippen LogP contribution in [-0.2, 0) is 23.8 Å². The number of rotatable bonds is 58. The van der Waals surface area contributed by atoms with Crippen molar-refractivity contribution in [3.8, 4) is 0 Å². The molecular formula is C74H127NO10. The highest BCUT2D eigenvalue weighted by atomic mass is 16.7. The first-order valence-electron chi connectivity index (χ1n) is 34.7. The van der Waals surface area contributed by atoms with E-state index in [-0.39, 0.29) is 19.4 Å². The van der Waals surface area contributed by atoms with Crippen LogP contribution in [-0.4, -0.2) is 99.6 Å². The summed E-state index contributed by atoms with van der Waals surface area (Å²) in [5.41, 5.74) is 0. The molecule has 1 fully saturated rings. The SMILES string of the molecule is CCCCC/C=C\C/C=C\C/C=C\C/C=C\CCCCCCCCCCCCC(O)C(=O)NC(COC1OC(CO)C(O)C(O)C1OC(=O)CCCCC/C=C\C/C=C\C/C=C\C/C=C\CCCCC)C(O)/C=C/CCCCCCCCCCC. The van der Waals surface area contributed by atoms with Crippen LogP contribution in [0.3, 0.4) is 0 Å². The molecule has 0 aromatic rings. The summed E-state index contributed by atoms with van der Waals surface area (Å²) in [5.74, 6) is -1.23. The summed E-state index contributed by atoms with van der Waals surface area (Å²) in [6.45, 7) is 5.72. The minimum atomic E-state index is -1.63. The second-order valence-corrected chi connectivity index (χ2v) is 23.6. The van der Waals surface area contributed by atoms with Crippen LogP contribution in [0.15, 0.2) is 109 Å². The van der Waals surface area contributed by atoms with Crippen LogP contribution in [0.4, 0.5) is 0 Å². The summed E-state index contributed by atoms with van der Waals surface area (Å²) >= 11 is 0. The number of carbonyl (C=O) groups is 2. The smallest absolute Gasteiger partial charge is 0.306 e. The fraction of sp³-hybridized carbons (Fsp3) is 0.730. The lowest BCUT2D eigenvalue weighted by molar-refractivity contribution is -0.305. The van der Waals surface area contributed by atoms with Crippen molar-refractivity contribution in [2.24, 2.45) is 0 Å².